The Kier molecular flexibility index (Phi) is 3.16. The number of halogens is 1. The fourth-order valence-electron chi connectivity index (χ4n) is 2.97. The lowest BCUT2D eigenvalue weighted by molar-refractivity contribution is -0.384. The minimum atomic E-state index is -0.388. The van der Waals surface area contributed by atoms with Crippen LogP contribution in [-0.4, -0.2) is 9.49 Å². The maximum atomic E-state index is 11.0. The number of rotatable bonds is 2. The van der Waals surface area contributed by atoms with Gasteiger partial charge in [0.25, 0.3) is 5.69 Å². The molecule has 5 heteroatoms. The van der Waals surface area contributed by atoms with Gasteiger partial charge in [-0.2, -0.15) is 0 Å². The van der Waals surface area contributed by atoms with E-state index in [0.717, 1.165) is 27.5 Å². The number of nitro groups is 1. The number of hydrogen-bond acceptors (Lipinski definition) is 2. The number of benzene rings is 3. The van der Waals surface area contributed by atoms with Gasteiger partial charge in [0.1, 0.15) is 0 Å². The van der Waals surface area contributed by atoms with Crippen LogP contribution in [0.2, 0.25) is 0 Å². The molecule has 0 N–H and O–H groups in total. The van der Waals surface area contributed by atoms with E-state index < -0.39 is 0 Å². The zero-order valence-electron chi connectivity index (χ0n) is 11.9. The minimum Gasteiger partial charge on any atom is -0.308 e. The molecule has 23 heavy (non-hydrogen) atoms. The van der Waals surface area contributed by atoms with E-state index >= 15 is 0 Å². The van der Waals surface area contributed by atoms with Gasteiger partial charge in [0.2, 0.25) is 0 Å². The molecular weight excluding hydrogens is 356 g/mol. The van der Waals surface area contributed by atoms with Crippen LogP contribution in [0.4, 0.5) is 5.69 Å². The van der Waals surface area contributed by atoms with E-state index in [-0.39, 0.29) is 10.6 Å². The van der Waals surface area contributed by atoms with Crippen LogP contribution in [0.25, 0.3) is 27.5 Å². The van der Waals surface area contributed by atoms with Crippen molar-refractivity contribution in [2.45, 2.75) is 0 Å². The van der Waals surface area contributed by atoms with Crippen LogP contribution in [0.15, 0.2) is 71.2 Å². The molecule has 0 saturated heterocycles. The summed E-state index contributed by atoms with van der Waals surface area (Å²) in [5, 5.41) is 13.3. The predicted octanol–water partition coefficient (Wildman–Crippen LogP) is 5.45. The Morgan fingerprint density at radius 1 is 0.870 bits per heavy atom. The van der Waals surface area contributed by atoms with E-state index in [4.69, 9.17) is 0 Å². The van der Waals surface area contributed by atoms with Gasteiger partial charge in [-0.25, -0.2) is 0 Å². The van der Waals surface area contributed by atoms with Crippen LogP contribution in [-0.2, 0) is 0 Å². The smallest absolute Gasteiger partial charge is 0.270 e. The summed E-state index contributed by atoms with van der Waals surface area (Å²) in [7, 11) is 0. The van der Waals surface area contributed by atoms with Crippen molar-refractivity contribution in [3.05, 3.63) is 81.3 Å². The molecule has 0 amide bonds. The molecule has 4 rings (SSSR count). The number of non-ortho nitro benzene ring substituents is 1. The first kappa shape index (κ1) is 14.0. The molecular formula is C18H11BrN2O2. The maximum absolute atomic E-state index is 11.0. The molecule has 112 valence electrons. The second-order valence-electron chi connectivity index (χ2n) is 5.26. The molecule has 0 aliphatic carbocycles. The summed E-state index contributed by atoms with van der Waals surface area (Å²) in [5.74, 6) is 0. The number of para-hydroxylation sites is 2. The molecule has 0 unspecified atom stereocenters. The molecule has 1 heterocycles. The van der Waals surface area contributed by atoms with Crippen molar-refractivity contribution in [2.24, 2.45) is 0 Å². The topological polar surface area (TPSA) is 48.1 Å². The Labute approximate surface area is 140 Å². The summed E-state index contributed by atoms with van der Waals surface area (Å²) in [5.41, 5.74) is 3.10. The summed E-state index contributed by atoms with van der Waals surface area (Å²) in [4.78, 5) is 10.6. The van der Waals surface area contributed by atoms with E-state index in [0.29, 0.717) is 4.47 Å². The molecule has 1 aromatic heterocycles. The highest BCUT2D eigenvalue weighted by Gasteiger charge is 2.15. The monoisotopic (exact) mass is 366 g/mol. The van der Waals surface area contributed by atoms with Gasteiger partial charge in [-0.15, -0.1) is 0 Å². The molecule has 0 saturated carbocycles. The third-order valence-corrected chi connectivity index (χ3v) is 4.60. The van der Waals surface area contributed by atoms with Gasteiger partial charge in [-0.05, 0) is 34.1 Å². The number of aromatic nitrogens is 1. The Hall–Kier alpha value is -2.66. The number of nitro benzene ring substituents is 1. The maximum Gasteiger partial charge on any atom is 0.270 e. The van der Waals surface area contributed by atoms with Crippen molar-refractivity contribution in [3.8, 4) is 5.69 Å². The molecule has 0 aliphatic rings. The second-order valence-corrected chi connectivity index (χ2v) is 6.12. The van der Waals surface area contributed by atoms with E-state index in [1.54, 1.807) is 12.1 Å². The standard InChI is InChI=1S/C18H11BrN2O2/c19-15-11-12(21(22)23)9-10-18(15)20-16-7-3-1-5-13(16)14-6-2-4-8-17(14)20/h1-11H. The summed E-state index contributed by atoms with van der Waals surface area (Å²) in [6.07, 6.45) is 0. The van der Waals surface area contributed by atoms with Crippen LogP contribution in [0.1, 0.15) is 0 Å². The minimum absolute atomic E-state index is 0.0707. The molecule has 0 aliphatic heterocycles. The van der Waals surface area contributed by atoms with E-state index in [1.807, 2.05) is 24.3 Å². The molecule has 0 atom stereocenters. The second kappa shape index (κ2) is 5.21. The van der Waals surface area contributed by atoms with Gasteiger partial charge in [0.05, 0.1) is 21.6 Å². The molecule has 4 aromatic rings. The number of fused-ring (bicyclic) bond motifs is 3. The van der Waals surface area contributed by atoms with Gasteiger partial charge >= 0.3 is 0 Å². The van der Waals surface area contributed by atoms with Crippen molar-refractivity contribution >= 4 is 43.4 Å². The normalized spacial score (nSPS) is 11.2. The Balaban J connectivity index is 2.10. The van der Waals surface area contributed by atoms with Crippen molar-refractivity contribution < 1.29 is 4.92 Å². The molecule has 0 radical (unpaired) electrons. The van der Waals surface area contributed by atoms with Crippen LogP contribution >= 0.6 is 15.9 Å². The highest BCUT2D eigenvalue weighted by Crippen LogP contribution is 2.35. The van der Waals surface area contributed by atoms with Gasteiger partial charge in [0.15, 0.2) is 0 Å². The number of hydrogen-bond donors (Lipinski definition) is 0. The number of nitrogens with zero attached hydrogens (tertiary/aromatic N) is 2. The van der Waals surface area contributed by atoms with Crippen molar-refractivity contribution in [1.29, 1.82) is 0 Å². The predicted molar refractivity (Wildman–Crippen MR) is 95.1 cm³/mol. The molecule has 3 aromatic carbocycles. The van der Waals surface area contributed by atoms with Gasteiger partial charge in [-0.3, -0.25) is 10.1 Å². The fraction of sp³-hybridized carbons (Fsp3) is 0. The van der Waals surface area contributed by atoms with Crippen molar-refractivity contribution in [3.63, 3.8) is 0 Å². The van der Waals surface area contributed by atoms with Crippen LogP contribution in [0.5, 0.6) is 0 Å². The fourth-order valence-corrected chi connectivity index (χ4v) is 3.52. The SMILES string of the molecule is O=[N+]([O-])c1ccc(-n2c3ccccc3c3ccccc32)c(Br)c1. The Morgan fingerprint density at radius 2 is 1.43 bits per heavy atom. The summed E-state index contributed by atoms with van der Waals surface area (Å²) in [6, 6.07) is 21.2. The van der Waals surface area contributed by atoms with E-state index in [2.05, 4.69) is 44.8 Å². The Bertz CT molecular complexity index is 1020. The molecule has 0 bridgehead atoms. The van der Waals surface area contributed by atoms with Crippen LogP contribution in [0.3, 0.4) is 0 Å². The van der Waals surface area contributed by atoms with Gasteiger partial charge in [-0.1, -0.05) is 36.4 Å². The van der Waals surface area contributed by atoms with Gasteiger partial charge in [0, 0.05) is 27.4 Å². The third-order valence-electron chi connectivity index (χ3n) is 3.96. The first-order chi connectivity index (χ1) is 11.2. The largest absolute Gasteiger partial charge is 0.308 e. The highest BCUT2D eigenvalue weighted by molar-refractivity contribution is 9.10. The lowest BCUT2D eigenvalue weighted by atomic mass is 10.2. The molecule has 0 spiro atoms. The van der Waals surface area contributed by atoms with E-state index in [9.17, 15) is 10.1 Å². The average Bonchev–Trinajstić information content (AvgIpc) is 2.89. The third kappa shape index (κ3) is 2.12. The first-order valence-electron chi connectivity index (χ1n) is 7.09. The first-order valence-corrected chi connectivity index (χ1v) is 7.88. The van der Waals surface area contributed by atoms with Crippen LogP contribution in [0, 0.1) is 10.1 Å². The zero-order valence-corrected chi connectivity index (χ0v) is 13.5. The highest BCUT2D eigenvalue weighted by atomic mass is 79.9. The van der Waals surface area contributed by atoms with Crippen molar-refractivity contribution in [1.82, 2.24) is 4.57 Å². The zero-order chi connectivity index (χ0) is 16.0. The van der Waals surface area contributed by atoms with E-state index in [1.165, 1.54) is 6.07 Å². The van der Waals surface area contributed by atoms with Gasteiger partial charge < -0.3 is 4.57 Å². The Morgan fingerprint density at radius 3 is 1.96 bits per heavy atom. The lowest BCUT2D eigenvalue weighted by Crippen LogP contribution is -1.96. The lowest BCUT2D eigenvalue weighted by Gasteiger charge is -2.09. The quantitative estimate of drug-likeness (QED) is 0.349. The average molecular weight is 367 g/mol. The van der Waals surface area contributed by atoms with Crippen molar-refractivity contribution in [2.75, 3.05) is 0 Å². The summed E-state index contributed by atoms with van der Waals surface area (Å²) >= 11 is 3.48. The van der Waals surface area contributed by atoms with Crippen LogP contribution < -0.4 is 0 Å². The summed E-state index contributed by atoms with van der Waals surface area (Å²) < 4.78 is 2.82. The summed E-state index contributed by atoms with van der Waals surface area (Å²) in [6.45, 7) is 0. The molecule has 4 nitrogen and oxygen atoms in total. The molecule has 0 fully saturated rings.